The lowest BCUT2D eigenvalue weighted by molar-refractivity contribution is 0.0319. The first-order chi connectivity index (χ1) is 10.4. The molecule has 2 rings (SSSR count). The molecule has 0 amide bonds. The molecule has 0 aromatic heterocycles. The van der Waals surface area contributed by atoms with Crippen molar-refractivity contribution in [3.63, 3.8) is 0 Å². The van der Waals surface area contributed by atoms with Crippen LogP contribution in [0.2, 0.25) is 5.02 Å². The van der Waals surface area contributed by atoms with Gasteiger partial charge in [0, 0.05) is 10.0 Å². The topological polar surface area (TPSA) is 43.4 Å². The molecule has 0 radical (unpaired) electrons. The van der Waals surface area contributed by atoms with Gasteiger partial charge in [0.05, 0.1) is 10.6 Å². The highest BCUT2D eigenvalue weighted by molar-refractivity contribution is 9.10. The normalized spacial score (nSPS) is 11.8. The van der Waals surface area contributed by atoms with Crippen LogP contribution in [0.1, 0.15) is 27.6 Å². The molecule has 0 bridgehead atoms. The van der Waals surface area contributed by atoms with Crippen LogP contribution in [-0.4, -0.2) is 17.9 Å². The molecular weight excluding hydrogens is 375 g/mol. The molecule has 0 saturated carbocycles. The third kappa shape index (κ3) is 3.93. The Morgan fingerprint density at radius 1 is 1.18 bits per heavy atom. The summed E-state index contributed by atoms with van der Waals surface area (Å²) in [6.07, 6.45) is -1.01. The largest absolute Gasteiger partial charge is 0.451 e. The lowest BCUT2D eigenvalue weighted by atomic mass is 10.1. The number of Topliss-reactive ketones (excluding diaryl/α,β-unsaturated/α-hetero) is 1. The number of ether oxygens (including phenoxy) is 1. The Morgan fingerprint density at radius 2 is 1.82 bits per heavy atom. The fourth-order valence-electron chi connectivity index (χ4n) is 1.78. The number of carbonyl (C=O) groups is 2. The van der Waals surface area contributed by atoms with Gasteiger partial charge in [-0.25, -0.2) is 9.18 Å². The Morgan fingerprint density at radius 3 is 2.45 bits per heavy atom. The predicted molar refractivity (Wildman–Crippen MR) is 84.8 cm³/mol. The van der Waals surface area contributed by atoms with Gasteiger partial charge in [0.25, 0.3) is 0 Å². The molecule has 1 atom stereocenters. The minimum Gasteiger partial charge on any atom is -0.451 e. The molecule has 2 aromatic rings. The number of hydrogen-bond donors (Lipinski definition) is 0. The molecule has 0 unspecified atom stereocenters. The number of benzene rings is 2. The summed E-state index contributed by atoms with van der Waals surface area (Å²) in [4.78, 5) is 24.2. The monoisotopic (exact) mass is 384 g/mol. The molecule has 0 heterocycles. The zero-order valence-electron chi connectivity index (χ0n) is 11.5. The minimum absolute atomic E-state index is 0.162. The lowest BCUT2D eigenvalue weighted by Crippen LogP contribution is -2.24. The van der Waals surface area contributed by atoms with E-state index in [1.807, 2.05) is 0 Å². The molecule has 0 N–H and O–H groups in total. The van der Waals surface area contributed by atoms with Crippen LogP contribution < -0.4 is 0 Å². The number of rotatable bonds is 4. The summed E-state index contributed by atoms with van der Waals surface area (Å²) in [5, 5.41) is 0.231. The second kappa shape index (κ2) is 7.03. The smallest absolute Gasteiger partial charge is 0.340 e. The van der Waals surface area contributed by atoms with Crippen molar-refractivity contribution in [2.24, 2.45) is 0 Å². The Bertz CT molecular complexity index is 716. The van der Waals surface area contributed by atoms with Crippen molar-refractivity contribution in [2.45, 2.75) is 13.0 Å². The number of hydrogen-bond acceptors (Lipinski definition) is 3. The Labute approximate surface area is 140 Å². The van der Waals surface area contributed by atoms with Crippen LogP contribution in [0.25, 0.3) is 0 Å². The molecule has 6 heteroatoms. The summed E-state index contributed by atoms with van der Waals surface area (Å²) in [6.45, 7) is 1.45. The van der Waals surface area contributed by atoms with E-state index in [0.717, 1.165) is 0 Å². The first kappa shape index (κ1) is 16.6. The summed E-state index contributed by atoms with van der Waals surface area (Å²) in [5.74, 6) is -1.56. The van der Waals surface area contributed by atoms with Crippen LogP contribution >= 0.6 is 27.5 Å². The summed E-state index contributed by atoms with van der Waals surface area (Å²) < 4.78 is 18.6. The number of ketones is 1. The Balaban J connectivity index is 2.12. The van der Waals surface area contributed by atoms with Crippen LogP contribution in [0, 0.1) is 5.82 Å². The van der Waals surface area contributed by atoms with Crippen LogP contribution in [0.5, 0.6) is 0 Å². The molecule has 0 aliphatic carbocycles. The van der Waals surface area contributed by atoms with Crippen LogP contribution in [0.15, 0.2) is 46.9 Å². The minimum atomic E-state index is -1.01. The molecule has 0 saturated heterocycles. The van der Waals surface area contributed by atoms with Gasteiger partial charge in [0.1, 0.15) is 5.82 Å². The van der Waals surface area contributed by atoms with E-state index in [1.54, 1.807) is 12.1 Å². The average molecular weight is 386 g/mol. The van der Waals surface area contributed by atoms with Gasteiger partial charge >= 0.3 is 5.97 Å². The fourth-order valence-corrected chi connectivity index (χ4v) is 2.34. The zero-order chi connectivity index (χ0) is 16.3. The van der Waals surface area contributed by atoms with Crippen molar-refractivity contribution < 1.29 is 18.7 Å². The van der Waals surface area contributed by atoms with Crippen molar-refractivity contribution in [3.05, 3.63) is 68.9 Å². The SMILES string of the molecule is C[C@H](OC(=O)c1cc(Br)ccc1Cl)C(=O)c1ccc(F)cc1. The highest BCUT2D eigenvalue weighted by Crippen LogP contribution is 2.22. The molecule has 22 heavy (non-hydrogen) atoms. The first-order valence-corrected chi connectivity index (χ1v) is 7.51. The quantitative estimate of drug-likeness (QED) is 0.567. The van der Waals surface area contributed by atoms with Gasteiger partial charge in [-0.15, -0.1) is 0 Å². The highest BCUT2D eigenvalue weighted by atomic mass is 79.9. The third-order valence-electron chi connectivity index (χ3n) is 2.93. The van der Waals surface area contributed by atoms with Gasteiger partial charge in [-0.2, -0.15) is 0 Å². The molecule has 114 valence electrons. The van der Waals surface area contributed by atoms with Gasteiger partial charge in [-0.05, 0) is 49.4 Å². The Hall–Kier alpha value is -1.72. The van der Waals surface area contributed by atoms with E-state index in [0.29, 0.717) is 4.47 Å². The molecule has 0 aliphatic rings. The molecule has 0 aliphatic heterocycles. The van der Waals surface area contributed by atoms with Crippen molar-refractivity contribution in [2.75, 3.05) is 0 Å². The maximum Gasteiger partial charge on any atom is 0.340 e. The molecular formula is C16H11BrClFO3. The van der Waals surface area contributed by atoms with Crippen LogP contribution in [0.4, 0.5) is 4.39 Å². The first-order valence-electron chi connectivity index (χ1n) is 6.34. The fraction of sp³-hybridized carbons (Fsp3) is 0.125. The number of carbonyl (C=O) groups excluding carboxylic acids is 2. The van der Waals surface area contributed by atoms with Crippen molar-refractivity contribution in [1.29, 1.82) is 0 Å². The maximum absolute atomic E-state index is 12.8. The molecule has 2 aromatic carbocycles. The van der Waals surface area contributed by atoms with Gasteiger partial charge in [-0.3, -0.25) is 4.79 Å². The standard InChI is InChI=1S/C16H11BrClFO3/c1-9(15(20)10-2-5-12(19)6-3-10)22-16(21)13-8-11(17)4-7-14(13)18/h2-9H,1H3/t9-/m0/s1. The van der Waals surface area contributed by atoms with Gasteiger partial charge in [0.2, 0.25) is 5.78 Å². The summed E-state index contributed by atoms with van der Waals surface area (Å²) in [5.41, 5.74) is 0.428. The van der Waals surface area contributed by atoms with Gasteiger partial charge < -0.3 is 4.74 Å². The summed E-state index contributed by atoms with van der Waals surface area (Å²) in [6, 6.07) is 9.78. The van der Waals surface area contributed by atoms with E-state index >= 15 is 0 Å². The van der Waals surface area contributed by atoms with E-state index in [9.17, 15) is 14.0 Å². The van der Waals surface area contributed by atoms with Gasteiger partial charge in [-0.1, -0.05) is 27.5 Å². The van der Waals surface area contributed by atoms with Crippen molar-refractivity contribution >= 4 is 39.3 Å². The van der Waals surface area contributed by atoms with Crippen LogP contribution in [0.3, 0.4) is 0 Å². The summed E-state index contributed by atoms with van der Waals surface area (Å²) in [7, 11) is 0. The van der Waals surface area contributed by atoms with E-state index < -0.39 is 23.7 Å². The number of esters is 1. The van der Waals surface area contributed by atoms with Crippen LogP contribution in [-0.2, 0) is 4.74 Å². The van der Waals surface area contributed by atoms with E-state index in [-0.39, 0.29) is 16.1 Å². The van der Waals surface area contributed by atoms with E-state index in [2.05, 4.69) is 15.9 Å². The van der Waals surface area contributed by atoms with E-state index in [4.69, 9.17) is 16.3 Å². The van der Waals surface area contributed by atoms with E-state index in [1.165, 1.54) is 37.3 Å². The third-order valence-corrected chi connectivity index (χ3v) is 3.75. The molecule has 0 spiro atoms. The van der Waals surface area contributed by atoms with Crippen molar-refractivity contribution in [1.82, 2.24) is 0 Å². The lowest BCUT2D eigenvalue weighted by Gasteiger charge is -2.13. The van der Waals surface area contributed by atoms with Crippen molar-refractivity contribution in [3.8, 4) is 0 Å². The molecule has 0 fully saturated rings. The Kier molecular flexibility index (Phi) is 5.32. The average Bonchev–Trinajstić information content (AvgIpc) is 2.49. The second-order valence-corrected chi connectivity index (χ2v) is 5.87. The summed E-state index contributed by atoms with van der Waals surface area (Å²) >= 11 is 9.17. The molecule has 3 nitrogen and oxygen atoms in total. The number of halogens is 3. The second-order valence-electron chi connectivity index (χ2n) is 4.54. The highest BCUT2D eigenvalue weighted by Gasteiger charge is 2.22. The van der Waals surface area contributed by atoms with Gasteiger partial charge in [0.15, 0.2) is 6.10 Å². The predicted octanol–water partition coefficient (Wildman–Crippen LogP) is 4.67. The zero-order valence-corrected chi connectivity index (χ0v) is 13.8. The maximum atomic E-state index is 12.8.